The number of likely N-dealkylation sites (N-methyl/N-ethyl adjacent to an activating group) is 1. The number of aliphatic hydroxyl groups is 1. The first-order valence-corrected chi connectivity index (χ1v) is 10.5. The van der Waals surface area contributed by atoms with E-state index in [0.717, 1.165) is 10.5 Å². The maximum atomic E-state index is 13.2. The van der Waals surface area contributed by atoms with Crippen molar-refractivity contribution in [2.24, 2.45) is 0 Å². The highest BCUT2D eigenvalue weighted by Crippen LogP contribution is 2.26. The van der Waals surface area contributed by atoms with E-state index in [-0.39, 0.29) is 36.5 Å². The summed E-state index contributed by atoms with van der Waals surface area (Å²) in [5, 5.41) is 31.5. The van der Waals surface area contributed by atoms with E-state index in [9.17, 15) is 29.0 Å². The first kappa shape index (κ1) is 24.6. The summed E-state index contributed by atoms with van der Waals surface area (Å²) in [7, 11) is 1.34. The van der Waals surface area contributed by atoms with E-state index in [1.807, 2.05) is 0 Å². The number of carbonyl (C=O) groups is 2. The molecule has 2 heterocycles. The Bertz CT molecular complexity index is 1280. The van der Waals surface area contributed by atoms with Crippen molar-refractivity contribution >= 4 is 23.0 Å². The number of pyridine rings is 2. The van der Waals surface area contributed by atoms with Gasteiger partial charge in [-0.1, -0.05) is 12.1 Å². The summed E-state index contributed by atoms with van der Waals surface area (Å²) in [6, 6.07) is 6.83. The summed E-state index contributed by atoms with van der Waals surface area (Å²) in [5.41, 5.74) is 0.274. The van der Waals surface area contributed by atoms with Gasteiger partial charge in [0.1, 0.15) is 16.9 Å². The van der Waals surface area contributed by atoms with Crippen LogP contribution in [0.5, 0.6) is 5.75 Å². The highest BCUT2D eigenvalue weighted by Gasteiger charge is 2.24. The number of aromatic hydroxyl groups is 1. The number of nitrogens with zero attached hydrogens (tertiary/aromatic N) is 3. The quantitative estimate of drug-likeness (QED) is 0.389. The molecule has 0 spiro atoms. The average molecular weight is 472 g/mol. The van der Waals surface area contributed by atoms with Crippen molar-refractivity contribution in [2.75, 3.05) is 20.2 Å². The van der Waals surface area contributed by atoms with Crippen molar-refractivity contribution < 1.29 is 29.3 Å². The smallest absolute Gasteiger partial charge is 0.407 e. The molecule has 0 saturated carbocycles. The van der Waals surface area contributed by atoms with Crippen molar-refractivity contribution in [3.8, 4) is 5.75 Å². The number of hydrogen-bond acceptors (Lipinski definition) is 6. The molecule has 11 heteroatoms. The van der Waals surface area contributed by atoms with Gasteiger partial charge >= 0.3 is 6.09 Å². The third kappa shape index (κ3) is 5.31. The Morgan fingerprint density at radius 3 is 2.53 bits per heavy atom. The van der Waals surface area contributed by atoms with E-state index in [1.54, 1.807) is 18.2 Å². The number of benzene rings is 1. The van der Waals surface area contributed by atoms with Gasteiger partial charge in [-0.3, -0.25) is 14.6 Å². The SMILES string of the molecule is CC(CO)NC(=O)c1c(O)c2ncc(Cc3ccc(F)cc3)cc2n(CCN(C)C(=O)O)c1=O. The van der Waals surface area contributed by atoms with E-state index in [4.69, 9.17) is 5.11 Å². The molecule has 0 saturated heterocycles. The second-order valence-corrected chi connectivity index (χ2v) is 7.96. The summed E-state index contributed by atoms with van der Waals surface area (Å²) < 4.78 is 14.4. The number of nitrogens with one attached hydrogen (secondary N) is 1. The Morgan fingerprint density at radius 2 is 1.91 bits per heavy atom. The predicted octanol–water partition coefficient (Wildman–Crippen LogP) is 1.55. The zero-order chi connectivity index (χ0) is 25.0. The van der Waals surface area contributed by atoms with Crippen molar-refractivity contribution in [1.29, 1.82) is 0 Å². The number of carbonyl (C=O) groups excluding carboxylic acids is 1. The molecule has 2 amide bonds. The zero-order valence-corrected chi connectivity index (χ0v) is 18.7. The van der Waals surface area contributed by atoms with E-state index < -0.39 is 34.9 Å². The Morgan fingerprint density at radius 1 is 1.24 bits per heavy atom. The van der Waals surface area contributed by atoms with Gasteiger partial charge in [-0.15, -0.1) is 0 Å². The van der Waals surface area contributed by atoms with Crippen LogP contribution in [0.3, 0.4) is 0 Å². The second kappa shape index (κ2) is 10.3. The molecule has 34 heavy (non-hydrogen) atoms. The number of carboxylic acid groups (broad SMARTS) is 1. The molecule has 0 aliphatic rings. The molecule has 0 radical (unpaired) electrons. The van der Waals surface area contributed by atoms with Crippen LogP contribution in [0.4, 0.5) is 9.18 Å². The number of rotatable bonds is 8. The molecule has 0 bridgehead atoms. The Kier molecular flexibility index (Phi) is 7.47. The van der Waals surface area contributed by atoms with Crippen molar-refractivity contribution in [3.05, 3.63) is 69.4 Å². The van der Waals surface area contributed by atoms with Crippen LogP contribution in [0.15, 0.2) is 41.3 Å². The van der Waals surface area contributed by atoms with Crippen molar-refractivity contribution in [2.45, 2.75) is 25.9 Å². The van der Waals surface area contributed by atoms with Gasteiger partial charge in [0.15, 0.2) is 5.75 Å². The maximum Gasteiger partial charge on any atom is 0.407 e. The first-order valence-electron chi connectivity index (χ1n) is 10.5. The van der Waals surface area contributed by atoms with Gasteiger partial charge in [0.2, 0.25) is 0 Å². The monoisotopic (exact) mass is 472 g/mol. The molecule has 3 rings (SSSR count). The molecule has 2 aromatic heterocycles. The minimum Gasteiger partial charge on any atom is -0.505 e. The van der Waals surface area contributed by atoms with Crippen LogP contribution in [-0.4, -0.2) is 68.0 Å². The minimum absolute atomic E-state index is 0.0118. The van der Waals surface area contributed by atoms with E-state index in [0.29, 0.717) is 12.0 Å². The largest absolute Gasteiger partial charge is 0.505 e. The number of hydrogen-bond donors (Lipinski definition) is 4. The summed E-state index contributed by atoms with van der Waals surface area (Å²) in [5.74, 6) is -1.87. The van der Waals surface area contributed by atoms with Crippen LogP contribution in [-0.2, 0) is 13.0 Å². The molecule has 0 aliphatic heterocycles. The minimum atomic E-state index is -1.19. The van der Waals surface area contributed by atoms with Crippen LogP contribution in [0, 0.1) is 5.82 Å². The molecule has 3 aromatic rings. The molecule has 1 atom stereocenters. The molecule has 180 valence electrons. The molecule has 4 N–H and O–H groups in total. The highest BCUT2D eigenvalue weighted by atomic mass is 19.1. The fraction of sp³-hybridized carbons (Fsp3) is 0.304. The van der Waals surface area contributed by atoms with E-state index >= 15 is 0 Å². The van der Waals surface area contributed by atoms with Gasteiger partial charge in [-0.2, -0.15) is 0 Å². The summed E-state index contributed by atoms with van der Waals surface area (Å²) in [6.45, 7) is 0.986. The third-order valence-corrected chi connectivity index (χ3v) is 5.32. The molecule has 1 unspecified atom stereocenters. The van der Waals surface area contributed by atoms with Gasteiger partial charge in [0.25, 0.3) is 11.5 Å². The fourth-order valence-corrected chi connectivity index (χ4v) is 3.40. The number of halogens is 1. The lowest BCUT2D eigenvalue weighted by Crippen LogP contribution is -2.40. The van der Waals surface area contributed by atoms with Gasteiger partial charge in [0, 0.05) is 32.4 Å². The van der Waals surface area contributed by atoms with Crippen LogP contribution in [0.25, 0.3) is 11.0 Å². The van der Waals surface area contributed by atoms with Gasteiger partial charge in [0.05, 0.1) is 12.1 Å². The van der Waals surface area contributed by atoms with Crippen molar-refractivity contribution in [3.63, 3.8) is 0 Å². The van der Waals surface area contributed by atoms with Crippen LogP contribution < -0.4 is 10.9 Å². The average Bonchev–Trinajstić information content (AvgIpc) is 2.80. The Hall–Kier alpha value is -3.99. The topological polar surface area (TPSA) is 145 Å². The number of aromatic nitrogens is 2. The number of amides is 2. The summed E-state index contributed by atoms with van der Waals surface area (Å²) >= 11 is 0. The highest BCUT2D eigenvalue weighted by molar-refractivity contribution is 6.01. The predicted molar refractivity (Wildman–Crippen MR) is 122 cm³/mol. The van der Waals surface area contributed by atoms with Crippen molar-refractivity contribution in [1.82, 2.24) is 19.8 Å². The molecule has 0 aliphatic carbocycles. The number of aliphatic hydroxyl groups excluding tert-OH is 1. The van der Waals surface area contributed by atoms with Crippen LogP contribution in [0.2, 0.25) is 0 Å². The standard InChI is InChI=1S/C23H25FN4O6/c1-13(12-29)26-21(31)18-20(30)19-17(28(22(18)32)8-7-27(2)23(33)34)10-15(11-25-19)9-14-3-5-16(24)6-4-14/h3-6,10-11,13,29-30H,7-9,12H2,1-2H3,(H,26,31)(H,33,34). The second-order valence-electron chi connectivity index (χ2n) is 7.96. The molecule has 1 aromatic carbocycles. The Balaban J connectivity index is 2.13. The maximum absolute atomic E-state index is 13.2. The van der Waals surface area contributed by atoms with Gasteiger partial charge < -0.3 is 30.1 Å². The molecular formula is C23H25FN4O6. The lowest BCUT2D eigenvalue weighted by Gasteiger charge is -2.18. The van der Waals surface area contributed by atoms with Gasteiger partial charge in [-0.25, -0.2) is 9.18 Å². The molecular weight excluding hydrogens is 447 g/mol. The van der Waals surface area contributed by atoms with Crippen LogP contribution in [0.1, 0.15) is 28.4 Å². The third-order valence-electron chi connectivity index (χ3n) is 5.32. The Labute approximate surface area is 193 Å². The summed E-state index contributed by atoms with van der Waals surface area (Å²) in [4.78, 5) is 42.4. The normalized spacial score (nSPS) is 11.9. The van der Waals surface area contributed by atoms with E-state index in [1.165, 1.54) is 36.9 Å². The lowest BCUT2D eigenvalue weighted by molar-refractivity contribution is 0.0917. The fourth-order valence-electron chi connectivity index (χ4n) is 3.40. The number of fused-ring (bicyclic) bond motifs is 1. The van der Waals surface area contributed by atoms with Crippen LogP contribution >= 0.6 is 0 Å². The van der Waals surface area contributed by atoms with Gasteiger partial charge in [-0.05, 0) is 42.7 Å². The molecule has 0 fully saturated rings. The first-order chi connectivity index (χ1) is 16.1. The zero-order valence-electron chi connectivity index (χ0n) is 18.7. The van der Waals surface area contributed by atoms with E-state index in [2.05, 4.69) is 10.3 Å². The molecule has 10 nitrogen and oxygen atoms in total. The lowest BCUT2D eigenvalue weighted by atomic mass is 10.1. The summed E-state index contributed by atoms with van der Waals surface area (Å²) in [6.07, 6.45) is 0.645.